The molecule has 0 aliphatic carbocycles. The molecule has 19 heavy (non-hydrogen) atoms. The minimum Gasteiger partial charge on any atom is -0.381 e. The Hall–Kier alpha value is -0.570. The van der Waals surface area contributed by atoms with E-state index >= 15 is 0 Å². The van der Waals surface area contributed by atoms with E-state index in [0.717, 1.165) is 37.6 Å². The maximum absolute atomic E-state index is 5.95. The fourth-order valence-electron chi connectivity index (χ4n) is 1.97. The van der Waals surface area contributed by atoms with E-state index in [4.69, 9.17) is 16.3 Å². The summed E-state index contributed by atoms with van der Waals surface area (Å²) in [7, 11) is 0. The summed E-state index contributed by atoms with van der Waals surface area (Å²) in [5, 5.41) is 4.30. The standard InChI is InChI=1S/C16H26ClNO/c1-4-10-19-11-9-15(12-18-13(2)3)14-5-7-16(17)8-6-14/h5-8,13,15,18H,4,9-12H2,1-3H3. The maximum atomic E-state index is 5.95. The van der Waals surface area contributed by atoms with E-state index in [-0.39, 0.29) is 0 Å². The molecule has 0 aromatic heterocycles. The molecule has 0 aliphatic rings. The van der Waals surface area contributed by atoms with Crippen LogP contribution in [0.4, 0.5) is 0 Å². The van der Waals surface area contributed by atoms with Crippen LogP contribution in [0, 0.1) is 0 Å². The topological polar surface area (TPSA) is 21.3 Å². The van der Waals surface area contributed by atoms with Gasteiger partial charge in [-0.3, -0.25) is 0 Å². The number of hydrogen-bond acceptors (Lipinski definition) is 2. The molecule has 0 heterocycles. The van der Waals surface area contributed by atoms with E-state index in [1.54, 1.807) is 0 Å². The Morgan fingerprint density at radius 1 is 1.16 bits per heavy atom. The van der Waals surface area contributed by atoms with Gasteiger partial charge in [0.25, 0.3) is 0 Å². The van der Waals surface area contributed by atoms with E-state index in [2.05, 4.69) is 38.2 Å². The molecule has 0 saturated carbocycles. The Morgan fingerprint density at radius 3 is 2.42 bits per heavy atom. The van der Waals surface area contributed by atoms with Gasteiger partial charge in [-0.15, -0.1) is 0 Å². The Labute approximate surface area is 122 Å². The second kappa shape index (κ2) is 9.35. The largest absolute Gasteiger partial charge is 0.381 e. The first-order valence-electron chi connectivity index (χ1n) is 7.20. The van der Waals surface area contributed by atoms with Gasteiger partial charge in [0.2, 0.25) is 0 Å². The monoisotopic (exact) mass is 283 g/mol. The molecule has 0 radical (unpaired) electrons. The summed E-state index contributed by atoms with van der Waals surface area (Å²) in [5.74, 6) is 0.483. The van der Waals surface area contributed by atoms with Crippen LogP contribution in [-0.2, 0) is 4.74 Å². The summed E-state index contributed by atoms with van der Waals surface area (Å²) in [6.07, 6.45) is 2.12. The van der Waals surface area contributed by atoms with Crippen LogP contribution >= 0.6 is 11.6 Å². The Morgan fingerprint density at radius 2 is 1.84 bits per heavy atom. The highest BCUT2D eigenvalue weighted by molar-refractivity contribution is 6.30. The molecule has 1 aromatic carbocycles. The van der Waals surface area contributed by atoms with Crippen LogP contribution in [-0.4, -0.2) is 25.8 Å². The first kappa shape index (κ1) is 16.5. The van der Waals surface area contributed by atoms with Crippen molar-refractivity contribution in [2.24, 2.45) is 0 Å². The normalized spacial score (nSPS) is 12.9. The third-order valence-corrected chi connectivity index (χ3v) is 3.32. The second-order valence-corrected chi connectivity index (χ2v) is 5.65. The number of halogens is 1. The molecular formula is C16H26ClNO. The lowest BCUT2D eigenvalue weighted by Crippen LogP contribution is -2.28. The van der Waals surface area contributed by atoms with Crippen molar-refractivity contribution >= 4 is 11.6 Å². The Balaban J connectivity index is 2.54. The molecule has 1 atom stereocenters. The molecule has 0 saturated heterocycles. The lowest BCUT2D eigenvalue weighted by atomic mass is 9.96. The van der Waals surface area contributed by atoms with Crippen molar-refractivity contribution in [1.29, 1.82) is 0 Å². The summed E-state index contributed by atoms with van der Waals surface area (Å²) < 4.78 is 5.61. The van der Waals surface area contributed by atoms with Gasteiger partial charge in [-0.25, -0.2) is 0 Å². The molecule has 2 nitrogen and oxygen atoms in total. The van der Waals surface area contributed by atoms with Crippen molar-refractivity contribution < 1.29 is 4.74 Å². The van der Waals surface area contributed by atoms with E-state index in [1.807, 2.05) is 12.1 Å². The summed E-state index contributed by atoms with van der Waals surface area (Å²) in [6, 6.07) is 8.67. The number of rotatable bonds is 9. The second-order valence-electron chi connectivity index (χ2n) is 5.21. The van der Waals surface area contributed by atoms with E-state index in [9.17, 15) is 0 Å². The maximum Gasteiger partial charge on any atom is 0.0472 e. The number of benzene rings is 1. The van der Waals surface area contributed by atoms with Crippen LogP contribution in [0.5, 0.6) is 0 Å². The molecule has 1 N–H and O–H groups in total. The van der Waals surface area contributed by atoms with Crippen LogP contribution in [0.1, 0.15) is 45.1 Å². The smallest absolute Gasteiger partial charge is 0.0472 e. The molecule has 0 bridgehead atoms. The highest BCUT2D eigenvalue weighted by atomic mass is 35.5. The number of ether oxygens (including phenoxy) is 1. The van der Waals surface area contributed by atoms with Gasteiger partial charge in [-0.05, 0) is 36.5 Å². The summed E-state index contributed by atoms with van der Waals surface area (Å²) in [6.45, 7) is 9.14. The predicted octanol–water partition coefficient (Wildman–Crippen LogP) is 4.24. The third kappa shape index (κ3) is 6.95. The lowest BCUT2D eigenvalue weighted by molar-refractivity contribution is 0.127. The molecule has 108 valence electrons. The van der Waals surface area contributed by atoms with Gasteiger partial charge in [0, 0.05) is 30.8 Å². The molecule has 0 spiro atoms. The van der Waals surface area contributed by atoms with Gasteiger partial charge in [0.15, 0.2) is 0 Å². The van der Waals surface area contributed by atoms with Crippen LogP contribution in [0.15, 0.2) is 24.3 Å². The minimum absolute atomic E-state index is 0.483. The zero-order valence-electron chi connectivity index (χ0n) is 12.3. The average Bonchev–Trinajstić information content (AvgIpc) is 2.39. The highest BCUT2D eigenvalue weighted by Gasteiger charge is 2.12. The van der Waals surface area contributed by atoms with E-state index in [1.165, 1.54) is 5.56 Å². The summed E-state index contributed by atoms with van der Waals surface area (Å²) >= 11 is 5.95. The third-order valence-electron chi connectivity index (χ3n) is 3.07. The highest BCUT2D eigenvalue weighted by Crippen LogP contribution is 2.21. The Kier molecular flexibility index (Phi) is 8.11. The Bertz CT molecular complexity index is 337. The van der Waals surface area contributed by atoms with Gasteiger partial charge >= 0.3 is 0 Å². The van der Waals surface area contributed by atoms with E-state index in [0.29, 0.717) is 12.0 Å². The van der Waals surface area contributed by atoms with Gasteiger partial charge < -0.3 is 10.1 Å². The molecule has 3 heteroatoms. The van der Waals surface area contributed by atoms with Crippen molar-refractivity contribution in [3.63, 3.8) is 0 Å². The molecule has 0 amide bonds. The van der Waals surface area contributed by atoms with Crippen molar-refractivity contribution in [3.05, 3.63) is 34.9 Å². The molecule has 0 fully saturated rings. The molecule has 1 rings (SSSR count). The van der Waals surface area contributed by atoms with Gasteiger partial charge in [0.05, 0.1) is 0 Å². The number of hydrogen-bond donors (Lipinski definition) is 1. The quantitative estimate of drug-likeness (QED) is 0.685. The first-order valence-corrected chi connectivity index (χ1v) is 7.57. The predicted molar refractivity (Wildman–Crippen MR) is 83.1 cm³/mol. The van der Waals surface area contributed by atoms with Crippen molar-refractivity contribution in [3.8, 4) is 0 Å². The average molecular weight is 284 g/mol. The molecule has 1 aromatic rings. The van der Waals surface area contributed by atoms with Crippen LogP contribution < -0.4 is 5.32 Å². The first-order chi connectivity index (χ1) is 9.13. The summed E-state index contributed by atoms with van der Waals surface area (Å²) in [4.78, 5) is 0. The fraction of sp³-hybridized carbons (Fsp3) is 0.625. The van der Waals surface area contributed by atoms with Crippen molar-refractivity contribution in [2.75, 3.05) is 19.8 Å². The van der Waals surface area contributed by atoms with Crippen molar-refractivity contribution in [1.82, 2.24) is 5.32 Å². The lowest BCUT2D eigenvalue weighted by Gasteiger charge is -2.20. The minimum atomic E-state index is 0.483. The summed E-state index contributed by atoms with van der Waals surface area (Å²) in [5.41, 5.74) is 1.33. The molecular weight excluding hydrogens is 258 g/mol. The molecule has 0 aliphatic heterocycles. The van der Waals surface area contributed by atoms with Gasteiger partial charge in [-0.2, -0.15) is 0 Å². The van der Waals surface area contributed by atoms with Crippen LogP contribution in [0.2, 0.25) is 5.02 Å². The fourth-order valence-corrected chi connectivity index (χ4v) is 2.10. The van der Waals surface area contributed by atoms with Gasteiger partial charge in [-0.1, -0.05) is 44.5 Å². The van der Waals surface area contributed by atoms with Gasteiger partial charge in [0.1, 0.15) is 0 Å². The zero-order valence-corrected chi connectivity index (χ0v) is 13.0. The molecule has 1 unspecified atom stereocenters. The SMILES string of the molecule is CCCOCCC(CNC(C)C)c1ccc(Cl)cc1. The number of nitrogens with one attached hydrogen (secondary N) is 1. The van der Waals surface area contributed by atoms with Crippen LogP contribution in [0.3, 0.4) is 0 Å². The van der Waals surface area contributed by atoms with Crippen molar-refractivity contribution in [2.45, 2.75) is 45.6 Å². The zero-order chi connectivity index (χ0) is 14.1. The van der Waals surface area contributed by atoms with Crippen LogP contribution in [0.25, 0.3) is 0 Å². The van der Waals surface area contributed by atoms with E-state index < -0.39 is 0 Å².